The van der Waals surface area contributed by atoms with Crippen molar-refractivity contribution >= 4 is 33.6 Å². The molecule has 2 aliphatic rings. The van der Waals surface area contributed by atoms with E-state index in [0.717, 1.165) is 12.8 Å². The maximum Gasteiger partial charge on any atom is -0.109 e. The van der Waals surface area contributed by atoms with Crippen LogP contribution in [0.4, 0.5) is 0 Å². The Hall–Kier alpha value is 0.497. The number of halogens is 2. The molecule has 0 aromatic rings. The summed E-state index contributed by atoms with van der Waals surface area (Å²) in [6, 6.07) is 0. The molecule has 0 amide bonds. The van der Waals surface area contributed by atoms with E-state index < -0.39 is 0 Å². The number of rotatable bonds is 0. The Morgan fingerprint density at radius 3 is 1.42 bits per heavy atom. The van der Waals surface area contributed by atoms with Gasteiger partial charge in [-0.15, -0.1) is 37.7 Å². The van der Waals surface area contributed by atoms with Crippen LogP contribution in [0.5, 0.6) is 0 Å². The number of hydrogen-bond acceptors (Lipinski definition) is 0. The second kappa shape index (κ2) is 18.5. The Morgan fingerprint density at radius 1 is 0.947 bits per heavy atom. The molecule has 0 fully saturated rings. The average molecular weight is 482 g/mol. The fraction of sp³-hybridized carbons (Fsp3) is 0.400. The third-order valence-electron chi connectivity index (χ3n) is 1.67. The molecular formula is C15H24Cl2HfSi-2. The molecule has 2 rings (SSSR count). The molecule has 0 unspecified atom stereocenters. The molecule has 0 N–H and O–H groups in total. The first-order valence-corrected chi connectivity index (χ1v) is 15.6. The molecule has 108 valence electrons. The standard InChI is InChI=1S/2C5H5.C3H6.C2H6Si.2ClH.Hf/c2*1-2-4-5-3-1;2*1-3-2;;;/h2*1-3H,4H2;2*1-2H3;2*1H;/q2*-1;;;;;. The Morgan fingerprint density at radius 2 is 1.37 bits per heavy atom. The molecule has 0 aromatic heterocycles. The molecule has 2 aliphatic carbocycles. The Bertz CT molecular complexity index is 325. The molecule has 0 nitrogen and oxygen atoms in total. The van der Waals surface area contributed by atoms with Gasteiger partial charge in [-0.25, -0.2) is 24.3 Å². The minimum absolute atomic E-state index is 0. The van der Waals surface area contributed by atoms with E-state index in [4.69, 9.17) is 0 Å². The van der Waals surface area contributed by atoms with E-state index in [9.17, 15) is 0 Å². The van der Waals surface area contributed by atoms with Crippen LogP contribution in [0.2, 0.25) is 13.1 Å². The van der Waals surface area contributed by atoms with E-state index in [2.05, 4.69) is 51.2 Å². The van der Waals surface area contributed by atoms with Crippen molar-refractivity contribution in [3.63, 3.8) is 0 Å². The van der Waals surface area contributed by atoms with Crippen LogP contribution < -0.4 is 0 Å². The van der Waals surface area contributed by atoms with Crippen molar-refractivity contribution in [1.82, 2.24) is 0 Å². The zero-order valence-corrected chi connectivity index (χ0v) is 18.4. The van der Waals surface area contributed by atoms with Crippen LogP contribution in [0.1, 0.15) is 26.7 Å². The van der Waals surface area contributed by atoms with Gasteiger partial charge in [0, 0.05) is 0 Å². The van der Waals surface area contributed by atoms with Gasteiger partial charge in [0.25, 0.3) is 0 Å². The predicted octanol–water partition coefficient (Wildman–Crippen LogP) is 4.99. The van der Waals surface area contributed by atoms with E-state index in [1.165, 1.54) is 0 Å². The molecule has 0 saturated heterocycles. The Balaban J connectivity index is -0.000000194. The SMILES string of the molecule is C[C](C)=[Hf]=[Si](C)C.Cl.Cl.[C-]1=CC=CC1.[C-]1=CC=CC1. The fourth-order valence-electron chi connectivity index (χ4n) is 1.18. The summed E-state index contributed by atoms with van der Waals surface area (Å²) in [7, 11) is 0. The molecule has 4 heteroatoms. The van der Waals surface area contributed by atoms with Gasteiger partial charge in [0.2, 0.25) is 0 Å². The zero-order valence-electron chi connectivity index (χ0n) is 12.2. The van der Waals surface area contributed by atoms with Crippen LogP contribution in [0.15, 0.2) is 36.5 Å². The average Bonchev–Trinajstić information content (AvgIpc) is 2.96. The molecular weight excluding hydrogens is 458 g/mol. The van der Waals surface area contributed by atoms with Gasteiger partial charge >= 0.3 is 56.7 Å². The maximum atomic E-state index is 2.99. The second-order valence-corrected chi connectivity index (χ2v) is 23.4. The first kappa shape index (κ1) is 24.5. The topological polar surface area (TPSA) is 0 Å². The van der Waals surface area contributed by atoms with Gasteiger partial charge in [-0.3, -0.25) is 12.2 Å². The maximum absolute atomic E-state index is 2.99. The van der Waals surface area contributed by atoms with Crippen LogP contribution in [-0.4, -0.2) is 8.75 Å². The van der Waals surface area contributed by atoms with Gasteiger partial charge in [0.05, 0.1) is 0 Å². The Kier molecular flexibility index (Phi) is 23.9. The summed E-state index contributed by atoms with van der Waals surface area (Å²) in [5.74, 6) is 0. The molecule has 0 aromatic carbocycles. The summed E-state index contributed by atoms with van der Waals surface area (Å²) < 4.78 is 1.78. The van der Waals surface area contributed by atoms with Crippen molar-refractivity contribution < 1.29 is 21.0 Å². The van der Waals surface area contributed by atoms with Crippen molar-refractivity contribution in [3.05, 3.63) is 48.6 Å². The third-order valence-corrected chi connectivity index (χ3v) is 13.4. The van der Waals surface area contributed by atoms with E-state index in [0.29, 0.717) is 0 Å². The van der Waals surface area contributed by atoms with Crippen molar-refractivity contribution in [3.8, 4) is 0 Å². The van der Waals surface area contributed by atoms with E-state index in [1.54, 1.807) is 3.26 Å². The van der Waals surface area contributed by atoms with Crippen LogP contribution in [0.25, 0.3) is 0 Å². The largest absolute Gasteiger partial charge is 0.273 e. The van der Waals surface area contributed by atoms with Crippen LogP contribution in [0, 0.1) is 12.2 Å². The van der Waals surface area contributed by atoms with Crippen molar-refractivity contribution in [2.75, 3.05) is 0 Å². The molecule has 0 atom stereocenters. The van der Waals surface area contributed by atoms with E-state index in [-0.39, 0.29) is 51.4 Å². The minimum Gasteiger partial charge on any atom is -0.273 e. The zero-order chi connectivity index (χ0) is 12.9. The van der Waals surface area contributed by atoms with Gasteiger partial charge < -0.3 is 0 Å². The van der Waals surface area contributed by atoms with Crippen molar-refractivity contribution in [1.29, 1.82) is 0 Å². The van der Waals surface area contributed by atoms with Gasteiger partial charge in [0.1, 0.15) is 0 Å². The predicted molar refractivity (Wildman–Crippen MR) is 91.5 cm³/mol. The number of hydrogen-bond donors (Lipinski definition) is 0. The van der Waals surface area contributed by atoms with Crippen molar-refractivity contribution in [2.45, 2.75) is 39.8 Å². The van der Waals surface area contributed by atoms with Crippen molar-refractivity contribution in [2.24, 2.45) is 0 Å². The molecule has 0 radical (unpaired) electrons. The van der Waals surface area contributed by atoms with Gasteiger partial charge in [0.15, 0.2) is 0 Å². The minimum atomic E-state index is -0.133. The summed E-state index contributed by atoms with van der Waals surface area (Å²) in [6.45, 7) is 9.45. The summed E-state index contributed by atoms with van der Waals surface area (Å²) in [5, 5.41) is 0. The summed E-state index contributed by atoms with van der Waals surface area (Å²) in [5.41, 5.74) is 0.223. The van der Waals surface area contributed by atoms with Gasteiger partial charge in [-0.05, 0) is 0 Å². The van der Waals surface area contributed by atoms with Gasteiger partial charge in [-0.1, -0.05) is 0 Å². The van der Waals surface area contributed by atoms with Crippen LogP contribution in [0.3, 0.4) is 0 Å². The normalized spacial score (nSPS) is 12.0. The summed E-state index contributed by atoms with van der Waals surface area (Å²) in [6.07, 6.45) is 20.0. The van der Waals surface area contributed by atoms with Crippen LogP contribution >= 0.6 is 24.8 Å². The third kappa shape index (κ3) is 24.0. The fourth-order valence-corrected chi connectivity index (χ4v) is 13.0. The molecule has 0 spiro atoms. The first-order valence-electron chi connectivity index (χ1n) is 5.93. The molecule has 0 saturated carbocycles. The first-order chi connectivity index (χ1) is 8.13. The van der Waals surface area contributed by atoms with E-state index >= 15 is 0 Å². The van der Waals surface area contributed by atoms with E-state index in [1.807, 2.05) is 24.3 Å². The summed E-state index contributed by atoms with van der Waals surface area (Å²) >= 11 is -0.133. The molecule has 19 heavy (non-hydrogen) atoms. The monoisotopic (exact) mass is 482 g/mol. The molecule has 0 heterocycles. The summed E-state index contributed by atoms with van der Waals surface area (Å²) in [4.78, 5) is 0. The Labute approximate surface area is 142 Å². The van der Waals surface area contributed by atoms with Gasteiger partial charge in [-0.2, -0.15) is 12.2 Å². The number of allylic oxidation sites excluding steroid dienone is 8. The molecule has 0 bridgehead atoms. The van der Waals surface area contributed by atoms with Crippen LogP contribution in [-0.2, 0) is 21.0 Å². The smallest absolute Gasteiger partial charge is 0.109 e. The molecule has 0 aliphatic heterocycles. The quantitative estimate of drug-likeness (QED) is 0.338. The second-order valence-electron chi connectivity index (χ2n) is 4.13.